The Bertz CT molecular complexity index is 495. The minimum absolute atomic E-state index is 0. The lowest BCUT2D eigenvalue weighted by molar-refractivity contribution is -0.140. The van der Waals surface area contributed by atoms with Gasteiger partial charge in [0.25, 0.3) is 0 Å². The van der Waals surface area contributed by atoms with Gasteiger partial charge in [0.1, 0.15) is 0 Å². The highest BCUT2D eigenvalue weighted by Crippen LogP contribution is 2.23. The molecule has 8 heteroatoms. The summed E-state index contributed by atoms with van der Waals surface area (Å²) in [6.45, 7) is 7.11. The molecule has 1 amide bonds. The van der Waals surface area contributed by atoms with Gasteiger partial charge in [-0.15, -0.1) is 24.8 Å². The number of rotatable bonds is 5. The molecule has 2 saturated heterocycles. The van der Waals surface area contributed by atoms with Crippen LogP contribution in [0.15, 0.2) is 18.5 Å². The Morgan fingerprint density at radius 2 is 2.28 bits per heavy atom. The van der Waals surface area contributed by atoms with Crippen LogP contribution in [-0.4, -0.2) is 59.5 Å². The number of hydrogen-bond acceptors (Lipinski definition) is 4. The van der Waals surface area contributed by atoms with Gasteiger partial charge in [0, 0.05) is 31.9 Å². The highest BCUT2D eigenvalue weighted by Gasteiger charge is 2.28. The summed E-state index contributed by atoms with van der Waals surface area (Å²) in [5, 5.41) is 7.66. The molecular weight excluding hydrogens is 363 g/mol. The SMILES string of the molecule is CC(CC(=O)N1CCOC(Cn2cccn2)C1)C1CCCNC1.Cl.Cl. The topological polar surface area (TPSA) is 59.4 Å². The van der Waals surface area contributed by atoms with Crippen molar-refractivity contribution >= 4 is 30.7 Å². The molecule has 0 spiro atoms. The van der Waals surface area contributed by atoms with E-state index in [2.05, 4.69) is 17.3 Å². The molecule has 0 saturated carbocycles. The van der Waals surface area contributed by atoms with Crippen LogP contribution < -0.4 is 5.32 Å². The van der Waals surface area contributed by atoms with E-state index in [0.717, 1.165) is 13.1 Å². The number of aromatic nitrogens is 2. The fourth-order valence-corrected chi connectivity index (χ4v) is 3.61. The first-order valence-electron chi connectivity index (χ1n) is 8.80. The summed E-state index contributed by atoms with van der Waals surface area (Å²) in [5.41, 5.74) is 0. The molecule has 2 fully saturated rings. The van der Waals surface area contributed by atoms with Crippen molar-refractivity contribution in [3.05, 3.63) is 18.5 Å². The van der Waals surface area contributed by atoms with E-state index in [0.29, 0.717) is 44.5 Å². The maximum atomic E-state index is 12.6. The first-order chi connectivity index (χ1) is 11.2. The van der Waals surface area contributed by atoms with E-state index in [-0.39, 0.29) is 36.8 Å². The Hall–Kier alpha value is -0.820. The van der Waals surface area contributed by atoms with Crippen molar-refractivity contribution in [2.45, 2.75) is 38.8 Å². The second-order valence-corrected chi connectivity index (χ2v) is 6.85. The average Bonchev–Trinajstić information content (AvgIpc) is 3.09. The molecule has 2 aliphatic rings. The van der Waals surface area contributed by atoms with Crippen molar-refractivity contribution in [1.82, 2.24) is 20.0 Å². The lowest BCUT2D eigenvalue weighted by atomic mass is 9.85. The summed E-state index contributed by atoms with van der Waals surface area (Å²) in [6, 6.07) is 1.91. The molecule has 6 nitrogen and oxygen atoms in total. The predicted octanol–water partition coefficient (Wildman–Crippen LogP) is 1.98. The molecule has 3 unspecified atom stereocenters. The first kappa shape index (κ1) is 22.2. The van der Waals surface area contributed by atoms with Crippen molar-refractivity contribution in [3.63, 3.8) is 0 Å². The highest BCUT2D eigenvalue weighted by atomic mass is 35.5. The van der Waals surface area contributed by atoms with Crippen molar-refractivity contribution in [2.75, 3.05) is 32.8 Å². The summed E-state index contributed by atoms with van der Waals surface area (Å²) in [6.07, 6.45) is 6.87. The summed E-state index contributed by atoms with van der Waals surface area (Å²) < 4.78 is 7.66. The van der Waals surface area contributed by atoms with Crippen LogP contribution >= 0.6 is 24.8 Å². The lowest BCUT2D eigenvalue weighted by Gasteiger charge is -2.35. The van der Waals surface area contributed by atoms with Gasteiger partial charge >= 0.3 is 0 Å². The highest BCUT2D eigenvalue weighted by molar-refractivity contribution is 5.85. The van der Waals surface area contributed by atoms with Gasteiger partial charge in [0.15, 0.2) is 0 Å². The van der Waals surface area contributed by atoms with Crippen LogP contribution in [0, 0.1) is 11.8 Å². The number of carbonyl (C=O) groups excluding carboxylic acids is 1. The van der Waals surface area contributed by atoms with E-state index in [1.165, 1.54) is 12.8 Å². The lowest BCUT2D eigenvalue weighted by Crippen LogP contribution is -2.47. The number of nitrogens with one attached hydrogen (secondary N) is 1. The number of morpholine rings is 1. The van der Waals surface area contributed by atoms with E-state index < -0.39 is 0 Å². The number of amides is 1. The Morgan fingerprint density at radius 3 is 2.96 bits per heavy atom. The molecule has 0 aliphatic carbocycles. The van der Waals surface area contributed by atoms with Gasteiger partial charge in [-0.05, 0) is 43.8 Å². The molecular formula is C17H30Cl2N4O2. The molecule has 3 heterocycles. The van der Waals surface area contributed by atoms with E-state index in [9.17, 15) is 4.79 Å². The molecule has 1 aromatic heterocycles. The number of ether oxygens (including phenoxy) is 1. The van der Waals surface area contributed by atoms with E-state index in [1.807, 2.05) is 21.8 Å². The van der Waals surface area contributed by atoms with Crippen molar-refractivity contribution in [1.29, 1.82) is 0 Å². The number of halogens is 2. The third-order valence-electron chi connectivity index (χ3n) is 5.08. The average molecular weight is 393 g/mol. The number of piperidine rings is 1. The van der Waals surface area contributed by atoms with E-state index in [4.69, 9.17) is 4.74 Å². The molecule has 0 bridgehead atoms. The molecule has 144 valence electrons. The maximum Gasteiger partial charge on any atom is 0.223 e. The molecule has 1 N–H and O–H groups in total. The second kappa shape index (κ2) is 11.0. The van der Waals surface area contributed by atoms with Crippen molar-refractivity contribution < 1.29 is 9.53 Å². The maximum absolute atomic E-state index is 12.6. The third kappa shape index (κ3) is 6.44. The van der Waals surface area contributed by atoms with Crippen LogP contribution in [0.5, 0.6) is 0 Å². The summed E-state index contributed by atoms with van der Waals surface area (Å²) in [4.78, 5) is 14.6. The zero-order valence-corrected chi connectivity index (χ0v) is 16.4. The number of nitrogens with zero attached hydrogens (tertiary/aromatic N) is 3. The predicted molar refractivity (Wildman–Crippen MR) is 102 cm³/mol. The van der Waals surface area contributed by atoms with Gasteiger partial charge in [0.2, 0.25) is 5.91 Å². The second-order valence-electron chi connectivity index (χ2n) is 6.85. The number of hydrogen-bond donors (Lipinski definition) is 1. The minimum Gasteiger partial charge on any atom is -0.373 e. The minimum atomic E-state index is 0. The van der Waals surface area contributed by atoms with Crippen LogP contribution in [-0.2, 0) is 16.1 Å². The fraction of sp³-hybridized carbons (Fsp3) is 0.765. The molecule has 1 aromatic rings. The van der Waals surface area contributed by atoms with Gasteiger partial charge in [-0.3, -0.25) is 9.48 Å². The fourth-order valence-electron chi connectivity index (χ4n) is 3.61. The zero-order chi connectivity index (χ0) is 16.1. The van der Waals surface area contributed by atoms with Crippen molar-refractivity contribution in [3.8, 4) is 0 Å². The number of carbonyl (C=O) groups is 1. The van der Waals surface area contributed by atoms with Crippen LogP contribution in [0.1, 0.15) is 26.2 Å². The van der Waals surface area contributed by atoms with E-state index in [1.54, 1.807) is 6.20 Å². The van der Waals surface area contributed by atoms with E-state index >= 15 is 0 Å². The zero-order valence-electron chi connectivity index (χ0n) is 14.8. The Balaban J connectivity index is 0.00000156. The molecule has 3 atom stereocenters. The largest absolute Gasteiger partial charge is 0.373 e. The summed E-state index contributed by atoms with van der Waals surface area (Å²) in [5.74, 6) is 1.35. The monoisotopic (exact) mass is 392 g/mol. The molecule has 25 heavy (non-hydrogen) atoms. The first-order valence-corrected chi connectivity index (χ1v) is 8.80. The Kier molecular flexibility index (Phi) is 9.79. The van der Waals surface area contributed by atoms with Gasteiger partial charge in [-0.25, -0.2) is 0 Å². The normalized spacial score (nSPS) is 24.8. The molecule has 0 aromatic carbocycles. The quantitative estimate of drug-likeness (QED) is 0.831. The Morgan fingerprint density at radius 1 is 1.44 bits per heavy atom. The van der Waals surface area contributed by atoms with Gasteiger partial charge in [-0.1, -0.05) is 6.92 Å². The molecule has 2 aliphatic heterocycles. The third-order valence-corrected chi connectivity index (χ3v) is 5.08. The van der Waals surface area contributed by atoms with Crippen molar-refractivity contribution in [2.24, 2.45) is 11.8 Å². The molecule has 0 radical (unpaired) electrons. The van der Waals surface area contributed by atoms with Crippen LogP contribution in [0.4, 0.5) is 0 Å². The van der Waals surface area contributed by atoms with Crippen LogP contribution in [0.25, 0.3) is 0 Å². The van der Waals surface area contributed by atoms with Gasteiger partial charge in [0.05, 0.1) is 19.3 Å². The standard InChI is InChI=1S/C17H28N4O2.2ClH/c1-14(15-4-2-5-18-11-15)10-17(22)20-8-9-23-16(12-20)13-21-7-3-6-19-21;;/h3,6-7,14-16,18H,2,4-5,8-13H2,1H3;2*1H. The van der Waals surface area contributed by atoms with Gasteiger partial charge in [-0.2, -0.15) is 5.10 Å². The van der Waals surface area contributed by atoms with Crippen LogP contribution in [0.2, 0.25) is 0 Å². The molecule has 3 rings (SSSR count). The van der Waals surface area contributed by atoms with Crippen LogP contribution in [0.3, 0.4) is 0 Å². The summed E-state index contributed by atoms with van der Waals surface area (Å²) in [7, 11) is 0. The smallest absolute Gasteiger partial charge is 0.223 e. The van der Waals surface area contributed by atoms with Gasteiger partial charge < -0.3 is 15.0 Å². The summed E-state index contributed by atoms with van der Waals surface area (Å²) >= 11 is 0. The Labute approximate surface area is 162 Å².